The van der Waals surface area contributed by atoms with Gasteiger partial charge in [0.05, 0.1) is 17.0 Å². The summed E-state index contributed by atoms with van der Waals surface area (Å²) in [5.74, 6) is 5.18. The van der Waals surface area contributed by atoms with Gasteiger partial charge in [0, 0.05) is 6.07 Å². The van der Waals surface area contributed by atoms with E-state index in [0.29, 0.717) is 6.54 Å². The van der Waals surface area contributed by atoms with Gasteiger partial charge in [-0.3, -0.25) is 10.1 Å². The summed E-state index contributed by atoms with van der Waals surface area (Å²) in [6.45, 7) is 0.453. The fraction of sp³-hybridized carbons (Fsp3) is 0.222. The topological polar surface area (TPSA) is 94.1 Å². The molecule has 0 aliphatic carbocycles. The molecule has 1 aromatic heterocycles. The monoisotopic (exact) mass is 240 g/mol. The Bertz CT molecular complexity index is 478. The van der Waals surface area contributed by atoms with Gasteiger partial charge < -0.3 is 11.1 Å². The van der Waals surface area contributed by atoms with Gasteiger partial charge in [0.15, 0.2) is 0 Å². The maximum atomic E-state index is 10.6. The fourth-order valence-electron chi connectivity index (χ4n) is 0.955. The van der Waals surface area contributed by atoms with E-state index in [1.54, 1.807) is 7.05 Å². The Morgan fingerprint density at radius 2 is 2.44 bits per heavy atom. The lowest BCUT2D eigenvalue weighted by molar-refractivity contribution is -0.384. The molecule has 0 aliphatic rings. The summed E-state index contributed by atoms with van der Waals surface area (Å²) in [5.41, 5.74) is 5.34. The van der Waals surface area contributed by atoms with E-state index in [2.05, 4.69) is 22.1 Å². The van der Waals surface area contributed by atoms with Crippen LogP contribution >= 0.6 is 11.6 Å². The summed E-state index contributed by atoms with van der Waals surface area (Å²) in [4.78, 5) is 13.6. The van der Waals surface area contributed by atoms with Crippen molar-refractivity contribution in [3.05, 3.63) is 26.9 Å². The minimum atomic E-state index is -0.623. The fourth-order valence-corrected chi connectivity index (χ4v) is 1.15. The third-order valence-electron chi connectivity index (χ3n) is 1.67. The number of halogens is 1. The quantitative estimate of drug-likeness (QED) is 0.345. The molecular weight excluding hydrogens is 232 g/mol. The predicted molar refractivity (Wildman–Crippen MR) is 61.1 cm³/mol. The molecule has 0 saturated carbocycles. The molecule has 0 atom stereocenters. The van der Waals surface area contributed by atoms with E-state index >= 15 is 0 Å². The highest BCUT2D eigenvalue weighted by Gasteiger charge is 2.15. The average Bonchev–Trinajstić information content (AvgIpc) is 2.21. The van der Waals surface area contributed by atoms with Crippen LogP contribution in [-0.2, 0) is 0 Å². The van der Waals surface area contributed by atoms with Gasteiger partial charge in [-0.25, -0.2) is 4.98 Å². The Balaban J connectivity index is 3.16. The van der Waals surface area contributed by atoms with Gasteiger partial charge in [-0.15, -0.1) is 0 Å². The zero-order chi connectivity index (χ0) is 12.1. The summed E-state index contributed by atoms with van der Waals surface area (Å²) >= 11 is 5.75. The van der Waals surface area contributed by atoms with Crippen LogP contribution in [-0.4, -0.2) is 23.5 Å². The smallest absolute Gasteiger partial charge is 0.312 e. The third kappa shape index (κ3) is 2.82. The van der Waals surface area contributed by atoms with E-state index in [9.17, 15) is 10.1 Å². The van der Waals surface area contributed by atoms with Crippen molar-refractivity contribution in [1.29, 1.82) is 0 Å². The van der Waals surface area contributed by atoms with Crippen molar-refractivity contribution < 1.29 is 4.92 Å². The van der Waals surface area contributed by atoms with Gasteiger partial charge in [0.1, 0.15) is 5.15 Å². The van der Waals surface area contributed by atoms with Crippen LogP contribution < -0.4 is 11.1 Å². The molecule has 0 amide bonds. The second kappa shape index (κ2) is 5.30. The molecule has 1 aromatic rings. The van der Waals surface area contributed by atoms with E-state index in [0.717, 1.165) is 0 Å². The van der Waals surface area contributed by atoms with Gasteiger partial charge in [-0.2, -0.15) is 0 Å². The molecule has 0 bridgehead atoms. The van der Waals surface area contributed by atoms with Crippen molar-refractivity contribution in [2.75, 3.05) is 19.3 Å². The Morgan fingerprint density at radius 3 is 3.00 bits per heavy atom. The normalized spacial score (nSPS) is 9.38. The number of nitrogens with one attached hydrogen (secondary N) is 1. The highest BCUT2D eigenvalue weighted by atomic mass is 35.5. The van der Waals surface area contributed by atoms with Crippen LogP contribution in [0.25, 0.3) is 0 Å². The molecular formula is C9H9ClN4O2. The molecule has 16 heavy (non-hydrogen) atoms. The minimum absolute atomic E-state index is 0.0618. The van der Waals surface area contributed by atoms with Crippen LogP contribution in [0.5, 0.6) is 0 Å². The van der Waals surface area contributed by atoms with Gasteiger partial charge in [-0.05, 0) is 7.05 Å². The third-order valence-corrected chi connectivity index (χ3v) is 1.96. The first kappa shape index (κ1) is 12.2. The van der Waals surface area contributed by atoms with Crippen LogP contribution in [0.2, 0.25) is 5.15 Å². The minimum Gasteiger partial charge on any atom is -0.378 e. The number of anilines is 1. The van der Waals surface area contributed by atoms with Crippen molar-refractivity contribution in [1.82, 2.24) is 10.3 Å². The first-order chi connectivity index (χ1) is 7.56. The lowest BCUT2D eigenvalue weighted by Gasteiger charge is -1.99. The van der Waals surface area contributed by atoms with Gasteiger partial charge in [0.2, 0.25) is 5.82 Å². The molecule has 0 unspecified atom stereocenters. The maximum absolute atomic E-state index is 10.6. The summed E-state index contributed by atoms with van der Waals surface area (Å²) in [5, 5.41) is 13.5. The van der Waals surface area contributed by atoms with E-state index in [-0.39, 0.29) is 22.2 Å². The van der Waals surface area contributed by atoms with Gasteiger partial charge in [0.25, 0.3) is 0 Å². The standard InChI is InChI=1S/C9H9ClN4O2/c1-12-4-2-3-6-5-7(14(15)16)9(11)13-8(6)10/h5,12H,4H2,1H3,(H2,11,13). The number of nitrogen functional groups attached to an aromatic ring is 1. The predicted octanol–water partition coefficient (Wildman–Crippen LogP) is 0.796. The zero-order valence-corrected chi connectivity index (χ0v) is 9.21. The second-order valence-corrected chi connectivity index (χ2v) is 3.18. The summed E-state index contributed by atoms with van der Waals surface area (Å²) < 4.78 is 0. The molecule has 0 radical (unpaired) electrons. The molecule has 0 spiro atoms. The molecule has 7 heteroatoms. The molecule has 0 aromatic carbocycles. The number of nitrogens with two attached hydrogens (primary N) is 1. The van der Waals surface area contributed by atoms with Crippen LogP contribution in [0.15, 0.2) is 6.07 Å². The number of nitro groups is 1. The number of rotatable bonds is 2. The van der Waals surface area contributed by atoms with Crippen LogP contribution in [0.3, 0.4) is 0 Å². The van der Waals surface area contributed by atoms with Crippen LogP contribution in [0.4, 0.5) is 11.5 Å². The van der Waals surface area contributed by atoms with E-state index in [1.807, 2.05) is 0 Å². The average molecular weight is 241 g/mol. The van der Waals surface area contributed by atoms with E-state index < -0.39 is 4.92 Å². The Hall–Kier alpha value is -1.84. The highest BCUT2D eigenvalue weighted by Crippen LogP contribution is 2.24. The van der Waals surface area contributed by atoms with Crippen molar-refractivity contribution in [3.63, 3.8) is 0 Å². The molecule has 1 rings (SSSR count). The summed E-state index contributed by atoms with van der Waals surface area (Å²) in [6.07, 6.45) is 0. The number of aromatic nitrogens is 1. The molecule has 0 aliphatic heterocycles. The van der Waals surface area contributed by atoms with E-state index in [4.69, 9.17) is 17.3 Å². The summed E-state index contributed by atoms with van der Waals surface area (Å²) in [6, 6.07) is 1.22. The lowest BCUT2D eigenvalue weighted by atomic mass is 10.2. The van der Waals surface area contributed by atoms with Crippen LogP contribution in [0, 0.1) is 22.0 Å². The molecule has 0 saturated heterocycles. The lowest BCUT2D eigenvalue weighted by Crippen LogP contribution is -2.04. The number of hydrogen-bond donors (Lipinski definition) is 2. The van der Waals surface area contributed by atoms with Gasteiger partial charge in [-0.1, -0.05) is 23.4 Å². The highest BCUT2D eigenvalue weighted by molar-refractivity contribution is 6.30. The number of hydrogen-bond acceptors (Lipinski definition) is 5. The molecule has 1 heterocycles. The van der Waals surface area contributed by atoms with Crippen molar-refractivity contribution in [2.45, 2.75) is 0 Å². The SMILES string of the molecule is CNCC#Cc1cc([N+](=O)[O-])c(N)nc1Cl. The number of pyridine rings is 1. The second-order valence-electron chi connectivity index (χ2n) is 2.82. The molecule has 0 fully saturated rings. The summed E-state index contributed by atoms with van der Waals surface area (Å²) in [7, 11) is 1.74. The largest absolute Gasteiger partial charge is 0.378 e. The first-order valence-electron chi connectivity index (χ1n) is 4.30. The van der Waals surface area contributed by atoms with Crippen LogP contribution in [0.1, 0.15) is 5.56 Å². The van der Waals surface area contributed by atoms with Gasteiger partial charge >= 0.3 is 5.69 Å². The first-order valence-corrected chi connectivity index (χ1v) is 4.68. The Morgan fingerprint density at radius 1 is 1.75 bits per heavy atom. The molecule has 6 nitrogen and oxygen atoms in total. The molecule has 84 valence electrons. The number of nitrogens with zero attached hydrogens (tertiary/aromatic N) is 2. The van der Waals surface area contributed by atoms with Crippen molar-refractivity contribution in [3.8, 4) is 11.8 Å². The maximum Gasteiger partial charge on any atom is 0.312 e. The Kier molecular flexibility index (Phi) is 4.05. The van der Waals surface area contributed by atoms with Crippen molar-refractivity contribution >= 4 is 23.1 Å². The van der Waals surface area contributed by atoms with E-state index in [1.165, 1.54) is 6.07 Å². The van der Waals surface area contributed by atoms with Crippen molar-refractivity contribution in [2.24, 2.45) is 0 Å². The zero-order valence-electron chi connectivity index (χ0n) is 8.45. The Labute approximate surface area is 97.0 Å². The molecule has 3 N–H and O–H groups in total.